The molecule has 0 amide bonds. The van der Waals surface area contributed by atoms with E-state index in [1.165, 1.54) is 19.3 Å². The smallest absolute Gasteiger partial charge is 0.218 e. The summed E-state index contributed by atoms with van der Waals surface area (Å²) in [6.07, 6.45) is 6.52. The molecular weight excluding hydrogens is 280 g/mol. The molecule has 0 saturated heterocycles. The summed E-state index contributed by atoms with van der Waals surface area (Å²) in [6, 6.07) is 1.86. The summed E-state index contributed by atoms with van der Waals surface area (Å²) in [5.74, 6) is 1.87. The topological polar surface area (TPSA) is 35.0 Å². The minimum absolute atomic E-state index is 0.321. The lowest BCUT2D eigenvalue weighted by Gasteiger charge is -2.22. The van der Waals surface area contributed by atoms with Gasteiger partial charge in [0.05, 0.1) is 0 Å². The van der Waals surface area contributed by atoms with Crippen molar-refractivity contribution < 1.29 is 4.74 Å². The second-order valence-electron chi connectivity index (χ2n) is 4.92. The van der Waals surface area contributed by atoms with Crippen molar-refractivity contribution in [1.82, 2.24) is 9.97 Å². The Morgan fingerprint density at radius 1 is 1.24 bits per heavy atom. The summed E-state index contributed by atoms with van der Waals surface area (Å²) < 4.78 is 6.75. The molecule has 1 fully saturated rings. The zero-order valence-corrected chi connectivity index (χ0v) is 12.0. The first-order chi connectivity index (χ1) is 8.15. The number of halogens is 1. The van der Waals surface area contributed by atoms with Crippen molar-refractivity contribution in [2.45, 2.75) is 58.0 Å². The molecule has 0 spiro atoms. The van der Waals surface area contributed by atoms with Crippen LogP contribution in [-0.4, -0.2) is 16.1 Å². The van der Waals surface area contributed by atoms with Gasteiger partial charge < -0.3 is 4.74 Å². The van der Waals surface area contributed by atoms with E-state index in [9.17, 15) is 0 Å². The predicted molar refractivity (Wildman–Crippen MR) is 71.3 cm³/mol. The van der Waals surface area contributed by atoms with Crippen LogP contribution in [0.15, 0.2) is 10.7 Å². The quantitative estimate of drug-likeness (QED) is 0.789. The standard InChI is InChI=1S/C13H19BrN2O/c1-9(2)13-15-11(14)8-12(16-13)17-10-6-4-3-5-7-10/h8-10H,3-7H2,1-2H3. The SMILES string of the molecule is CC(C)c1nc(Br)cc(OC2CCCCC2)n1. The van der Waals surface area contributed by atoms with E-state index in [1.807, 2.05) is 6.07 Å². The molecule has 1 saturated carbocycles. The van der Waals surface area contributed by atoms with Crippen LogP contribution in [0.25, 0.3) is 0 Å². The number of ether oxygens (including phenoxy) is 1. The summed E-state index contributed by atoms with van der Waals surface area (Å²) in [6.45, 7) is 4.18. The van der Waals surface area contributed by atoms with Crippen LogP contribution >= 0.6 is 15.9 Å². The molecule has 0 aliphatic heterocycles. The molecule has 17 heavy (non-hydrogen) atoms. The summed E-state index contributed by atoms with van der Waals surface area (Å²) in [4.78, 5) is 8.82. The van der Waals surface area contributed by atoms with Gasteiger partial charge in [0.15, 0.2) is 0 Å². The lowest BCUT2D eigenvalue weighted by atomic mass is 9.98. The molecule has 94 valence electrons. The largest absolute Gasteiger partial charge is 0.474 e. The van der Waals surface area contributed by atoms with Crippen LogP contribution in [0.5, 0.6) is 5.88 Å². The average molecular weight is 299 g/mol. The monoisotopic (exact) mass is 298 g/mol. The third-order valence-corrected chi connectivity index (χ3v) is 3.45. The van der Waals surface area contributed by atoms with Gasteiger partial charge in [0.2, 0.25) is 5.88 Å². The van der Waals surface area contributed by atoms with Gasteiger partial charge in [0.25, 0.3) is 0 Å². The molecule has 4 heteroatoms. The minimum atomic E-state index is 0.321. The number of nitrogens with zero attached hydrogens (tertiary/aromatic N) is 2. The predicted octanol–water partition coefficient (Wildman–Crippen LogP) is 4.07. The van der Waals surface area contributed by atoms with Gasteiger partial charge in [-0.1, -0.05) is 20.3 Å². The van der Waals surface area contributed by atoms with Crippen molar-refractivity contribution >= 4 is 15.9 Å². The first-order valence-corrected chi connectivity index (χ1v) is 7.15. The molecule has 1 aliphatic carbocycles. The lowest BCUT2D eigenvalue weighted by molar-refractivity contribution is 0.148. The fourth-order valence-electron chi connectivity index (χ4n) is 2.09. The second-order valence-corrected chi connectivity index (χ2v) is 5.73. The third kappa shape index (κ3) is 3.66. The van der Waals surface area contributed by atoms with E-state index in [0.29, 0.717) is 17.9 Å². The van der Waals surface area contributed by atoms with E-state index in [1.54, 1.807) is 0 Å². The minimum Gasteiger partial charge on any atom is -0.474 e. The molecule has 1 heterocycles. The molecule has 0 aromatic carbocycles. The molecule has 0 N–H and O–H groups in total. The molecule has 1 aromatic rings. The van der Waals surface area contributed by atoms with Crippen molar-refractivity contribution in [2.75, 3.05) is 0 Å². The maximum Gasteiger partial charge on any atom is 0.218 e. The number of hydrogen-bond donors (Lipinski definition) is 0. The Morgan fingerprint density at radius 2 is 1.94 bits per heavy atom. The number of aromatic nitrogens is 2. The first kappa shape index (κ1) is 12.8. The van der Waals surface area contributed by atoms with E-state index in [-0.39, 0.29) is 0 Å². The molecule has 3 nitrogen and oxygen atoms in total. The van der Waals surface area contributed by atoms with E-state index < -0.39 is 0 Å². The van der Waals surface area contributed by atoms with Gasteiger partial charge in [-0.25, -0.2) is 4.98 Å². The molecule has 0 bridgehead atoms. The van der Waals surface area contributed by atoms with Gasteiger partial charge in [-0.15, -0.1) is 0 Å². The van der Waals surface area contributed by atoms with E-state index in [4.69, 9.17) is 4.74 Å². The van der Waals surface area contributed by atoms with Gasteiger partial charge >= 0.3 is 0 Å². The zero-order valence-electron chi connectivity index (χ0n) is 10.4. The van der Waals surface area contributed by atoms with Gasteiger partial charge in [0.1, 0.15) is 16.5 Å². The molecule has 0 unspecified atom stereocenters. The highest BCUT2D eigenvalue weighted by atomic mass is 79.9. The van der Waals surface area contributed by atoms with E-state index in [2.05, 4.69) is 39.7 Å². The Kier molecular flexibility index (Phi) is 4.37. The molecule has 1 aromatic heterocycles. The van der Waals surface area contributed by atoms with Crippen LogP contribution in [0.3, 0.4) is 0 Å². The van der Waals surface area contributed by atoms with Gasteiger partial charge in [-0.3, -0.25) is 0 Å². The molecule has 1 aliphatic rings. The fraction of sp³-hybridized carbons (Fsp3) is 0.692. The lowest BCUT2D eigenvalue weighted by Crippen LogP contribution is -2.20. The first-order valence-electron chi connectivity index (χ1n) is 6.36. The summed E-state index contributed by atoms with van der Waals surface area (Å²) in [7, 11) is 0. The molecular formula is C13H19BrN2O. The van der Waals surface area contributed by atoms with Crippen LogP contribution in [0.1, 0.15) is 57.7 Å². The van der Waals surface area contributed by atoms with Gasteiger partial charge in [-0.2, -0.15) is 4.98 Å². The highest BCUT2D eigenvalue weighted by Crippen LogP contribution is 2.24. The maximum atomic E-state index is 5.95. The maximum absolute atomic E-state index is 5.95. The van der Waals surface area contributed by atoms with Gasteiger partial charge in [0, 0.05) is 12.0 Å². The molecule has 0 atom stereocenters. The van der Waals surface area contributed by atoms with E-state index >= 15 is 0 Å². The van der Waals surface area contributed by atoms with Crippen LogP contribution in [0.2, 0.25) is 0 Å². The van der Waals surface area contributed by atoms with Crippen molar-refractivity contribution in [3.05, 3.63) is 16.5 Å². The Bertz CT molecular complexity index is 376. The van der Waals surface area contributed by atoms with Crippen molar-refractivity contribution in [3.8, 4) is 5.88 Å². The van der Waals surface area contributed by atoms with E-state index in [0.717, 1.165) is 23.3 Å². The zero-order chi connectivity index (χ0) is 12.3. The third-order valence-electron chi connectivity index (χ3n) is 3.04. The van der Waals surface area contributed by atoms with Crippen molar-refractivity contribution in [2.24, 2.45) is 0 Å². The molecule has 2 rings (SSSR count). The Balaban J connectivity index is 2.09. The van der Waals surface area contributed by atoms with Crippen molar-refractivity contribution in [1.29, 1.82) is 0 Å². The van der Waals surface area contributed by atoms with Crippen LogP contribution in [0.4, 0.5) is 0 Å². The molecule has 0 radical (unpaired) electrons. The Hall–Kier alpha value is -0.640. The Labute approximate surface area is 111 Å². The van der Waals surface area contributed by atoms with Crippen molar-refractivity contribution in [3.63, 3.8) is 0 Å². The summed E-state index contributed by atoms with van der Waals surface area (Å²) >= 11 is 3.42. The number of rotatable bonds is 3. The normalized spacial score (nSPS) is 17.4. The van der Waals surface area contributed by atoms with Crippen LogP contribution in [0, 0.1) is 0 Å². The van der Waals surface area contributed by atoms with Crippen LogP contribution < -0.4 is 4.74 Å². The second kappa shape index (κ2) is 5.80. The fourth-order valence-corrected chi connectivity index (χ4v) is 2.46. The summed E-state index contributed by atoms with van der Waals surface area (Å²) in [5.41, 5.74) is 0. The average Bonchev–Trinajstić information content (AvgIpc) is 2.29. The summed E-state index contributed by atoms with van der Waals surface area (Å²) in [5, 5.41) is 0. The van der Waals surface area contributed by atoms with Gasteiger partial charge in [-0.05, 0) is 41.6 Å². The van der Waals surface area contributed by atoms with Crippen LogP contribution in [-0.2, 0) is 0 Å². The Morgan fingerprint density at radius 3 is 2.59 bits per heavy atom. The number of hydrogen-bond acceptors (Lipinski definition) is 3. The highest BCUT2D eigenvalue weighted by molar-refractivity contribution is 9.10. The highest BCUT2D eigenvalue weighted by Gasteiger charge is 2.16.